The number of hydrogen-bond acceptors (Lipinski definition) is 6. The van der Waals surface area contributed by atoms with Crippen molar-refractivity contribution in [3.63, 3.8) is 0 Å². The Bertz CT molecular complexity index is 769. The second-order valence-electron chi connectivity index (χ2n) is 4.71. The Balaban J connectivity index is 2.50. The molecule has 2 rings (SSSR count). The number of esters is 1. The van der Waals surface area contributed by atoms with Gasteiger partial charge in [-0.2, -0.15) is 0 Å². The van der Waals surface area contributed by atoms with Crippen molar-refractivity contribution in [3.8, 4) is 11.1 Å². The van der Waals surface area contributed by atoms with Crippen molar-refractivity contribution >= 4 is 17.4 Å². The zero-order chi connectivity index (χ0) is 17.0. The SMILES string of the molecule is CCOC(=O)c1cc(-c2ccc([N+](=O)[O-])cc2)cc(C(C)=O)n1. The highest BCUT2D eigenvalue weighted by atomic mass is 16.6. The molecule has 0 amide bonds. The van der Waals surface area contributed by atoms with Crippen molar-refractivity contribution in [3.05, 3.63) is 57.9 Å². The lowest BCUT2D eigenvalue weighted by Crippen LogP contribution is -2.10. The zero-order valence-electron chi connectivity index (χ0n) is 12.6. The van der Waals surface area contributed by atoms with E-state index in [9.17, 15) is 19.7 Å². The molecule has 23 heavy (non-hydrogen) atoms. The predicted octanol–water partition coefficient (Wildman–Crippen LogP) is 3.04. The highest BCUT2D eigenvalue weighted by Gasteiger charge is 2.15. The van der Waals surface area contributed by atoms with Crippen LogP contribution in [0.5, 0.6) is 0 Å². The van der Waals surface area contributed by atoms with Gasteiger partial charge in [-0.1, -0.05) is 0 Å². The van der Waals surface area contributed by atoms with E-state index in [4.69, 9.17) is 4.74 Å². The third-order valence-corrected chi connectivity index (χ3v) is 3.08. The molecule has 1 aromatic carbocycles. The maximum atomic E-state index is 11.9. The minimum absolute atomic E-state index is 0.0212. The molecule has 0 aliphatic carbocycles. The number of nitrogens with zero attached hydrogens (tertiary/aromatic N) is 2. The summed E-state index contributed by atoms with van der Waals surface area (Å²) in [5.41, 5.74) is 1.30. The molecule has 0 fully saturated rings. The number of non-ortho nitro benzene ring substituents is 1. The van der Waals surface area contributed by atoms with Gasteiger partial charge in [0, 0.05) is 19.1 Å². The van der Waals surface area contributed by atoms with E-state index in [0.717, 1.165) is 0 Å². The van der Waals surface area contributed by atoms with E-state index in [1.54, 1.807) is 19.1 Å². The average molecular weight is 314 g/mol. The molecule has 0 saturated carbocycles. The van der Waals surface area contributed by atoms with E-state index in [1.165, 1.54) is 31.2 Å². The Morgan fingerprint density at radius 3 is 2.26 bits per heavy atom. The minimum atomic E-state index is -0.626. The molecular weight excluding hydrogens is 300 g/mol. The number of nitro benzene ring substituents is 1. The maximum Gasteiger partial charge on any atom is 0.356 e. The van der Waals surface area contributed by atoms with Crippen LogP contribution in [0, 0.1) is 10.1 Å². The highest BCUT2D eigenvalue weighted by molar-refractivity contribution is 5.96. The van der Waals surface area contributed by atoms with E-state index < -0.39 is 10.9 Å². The minimum Gasteiger partial charge on any atom is -0.461 e. The second-order valence-corrected chi connectivity index (χ2v) is 4.71. The van der Waals surface area contributed by atoms with Crippen LogP contribution in [0.4, 0.5) is 5.69 Å². The maximum absolute atomic E-state index is 11.9. The molecule has 7 heteroatoms. The molecule has 0 unspecified atom stereocenters. The number of ether oxygens (including phenoxy) is 1. The number of carbonyl (C=O) groups excluding carboxylic acids is 2. The molecule has 0 aliphatic rings. The molecule has 0 bridgehead atoms. The first-order valence-corrected chi connectivity index (χ1v) is 6.87. The standard InChI is InChI=1S/C16H14N2O5/c1-3-23-16(20)15-9-12(8-14(17-15)10(2)19)11-4-6-13(7-5-11)18(21)22/h4-9H,3H2,1-2H3. The van der Waals surface area contributed by atoms with Crippen LogP contribution in [-0.4, -0.2) is 28.3 Å². The van der Waals surface area contributed by atoms with Crippen molar-refractivity contribution in [1.29, 1.82) is 0 Å². The number of nitro groups is 1. The van der Waals surface area contributed by atoms with Gasteiger partial charge < -0.3 is 4.74 Å². The van der Waals surface area contributed by atoms with Crippen LogP contribution in [0.15, 0.2) is 36.4 Å². The number of carbonyl (C=O) groups is 2. The van der Waals surface area contributed by atoms with Crippen LogP contribution in [0.25, 0.3) is 11.1 Å². The van der Waals surface area contributed by atoms with Gasteiger partial charge in [-0.05, 0) is 42.3 Å². The summed E-state index contributed by atoms with van der Waals surface area (Å²) < 4.78 is 4.90. The Labute approximate surface area is 132 Å². The molecular formula is C16H14N2O5. The summed E-state index contributed by atoms with van der Waals surface area (Å²) in [7, 11) is 0. The smallest absolute Gasteiger partial charge is 0.356 e. The first-order chi connectivity index (χ1) is 10.9. The molecule has 0 radical (unpaired) electrons. The van der Waals surface area contributed by atoms with Crippen molar-refractivity contribution in [1.82, 2.24) is 4.98 Å². The first kappa shape index (κ1) is 16.3. The van der Waals surface area contributed by atoms with Gasteiger partial charge in [0.05, 0.1) is 11.5 Å². The molecule has 1 heterocycles. The van der Waals surface area contributed by atoms with E-state index in [2.05, 4.69) is 4.98 Å². The molecule has 1 aromatic heterocycles. The van der Waals surface area contributed by atoms with E-state index in [0.29, 0.717) is 11.1 Å². The van der Waals surface area contributed by atoms with Crippen LogP contribution >= 0.6 is 0 Å². The van der Waals surface area contributed by atoms with Crippen molar-refractivity contribution in [2.24, 2.45) is 0 Å². The Kier molecular flexibility index (Phi) is 4.80. The van der Waals surface area contributed by atoms with Gasteiger partial charge in [0.25, 0.3) is 5.69 Å². The van der Waals surface area contributed by atoms with Crippen LogP contribution in [-0.2, 0) is 4.74 Å². The van der Waals surface area contributed by atoms with Crippen LogP contribution in [0.3, 0.4) is 0 Å². The van der Waals surface area contributed by atoms with Crippen LogP contribution in [0.1, 0.15) is 34.8 Å². The predicted molar refractivity (Wildman–Crippen MR) is 82.3 cm³/mol. The number of benzene rings is 1. The van der Waals surface area contributed by atoms with Crippen molar-refractivity contribution in [2.75, 3.05) is 6.61 Å². The van der Waals surface area contributed by atoms with Crippen LogP contribution in [0.2, 0.25) is 0 Å². The third kappa shape index (κ3) is 3.76. The van der Waals surface area contributed by atoms with Gasteiger partial charge in [0.2, 0.25) is 0 Å². The second kappa shape index (κ2) is 6.78. The van der Waals surface area contributed by atoms with Crippen molar-refractivity contribution < 1.29 is 19.2 Å². The van der Waals surface area contributed by atoms with E-state index >= 15 is 0 Å². The quantitative estimate of drug-likeness (QED) is 0.364. The summed E-state index contributed by atoms with van der Waals surface area (Å²) in [6, 6.07) is 8.83. The zero-order valence-corrected chi connectivity index (χ0v) is 12.6. The Morgan fingerprint density at radius 2 is 1.74 bits per heavy atom. The number of pyridine rings is 1. The van der Waals surface area contributed by atoms with Gasteiger partial charge in [-0.3, -0.25) is 14.9 Å². The summed E-state index contributed by atoms with van der Waals surface area (Å²) >= 11 is 0. The van der Waals surface area contributed by atoms with Gasteiger partial charge in [0.15, 0.2) is 5.78 Å². The summed E-state index contributed by atoms with van der Waals surface area (Å²) in [6.07, 6.45) is 0. The lowest BCUT2D eigenvalue weighted by molar-refractivity contribution is -0.384. The molecule has 118 valence electrons. The number of hydrogen-bond donors (Lipinski definition) is 0. The van der Waals surface area contributed by atoms with Gasteiger partial charge in [-0.25, -0.2) is 9.78 Å². The molecule has 0 spiro atoms. The monoisotopic (exact) mass is 314 g/mol. The topological polar surface area (TPSA) is 99.4 Å². The summed E-state index contributed by atoms with van der Waals surface area (Å²) in [6.45, 7) is 3.21. The van der Waals surface area contributed by atoms with Gasteiger partial charge in [-0.15, -0.1) is 0 Å². The normalized spacial score (nSPS) is 10.2. The largest absolute Gasteiger partial charge is 0.461 e. The van der Waals surface area contributed by atoms with Crippen LogP contribution < -0.4 is 0 Å². The number of ketones is 1. The summed E-state index contributed by atoms with van der Waals surface area (Å²) in [5, 5.41) is 10.7. The average Bonchev–Trinajstić information content (AvgIpc) is 2.54. The Hall–Kier alpha value is -3.09. The first-order valence-electron chi connectivity index (χ1n) is 6.87. The molecule has 0 N–H and O–H groups in total. The molecule has 0 atom stereocenters. The lowest BCUT2D eigenvalue weighted by atomic mass is 10.0. The number of Topliss-reactive ketones (excluding diaryl/α,β-unsaturated/α-hetero) is 1. The highest BCUT2D eigenvalue weighted by Crippen LogP contribution is 2.24. The fourth-order valence-corrected chi connectivity index (χ4v) is 1.96. The molecule has 0 saturated heterocycles. The fraction of sp³-hybridized carbons (Fsp3) is 0.188. The summed E-state index contributed by atoms with van der Waals surface area (Å²) in [5.74, 6) is -0.918. The molecule has 2 aromatic rings. The van der Waals surface area contributed by atoms with E-state index in [-0.39, 0.29) is 29.5 Å². The third-order valence-electron chi connectivity index (χ3n) is 3.08. The Morgan fingerprint density at radius 1 is 1.13 bits per heavy atom. The van der Waals surface area contributed by atoms with Gasteiger partial charge >= 0.3 is 5.97 Å². The fourth-order valence-electron chi connectivity index (χ4n) is 1.96. The summed E-state index contributed by atoms with van der Waals surface area (Å²) in [4.78, 5) is 37.7. The number of aromatic nitrogens is 1. The lowest BCUT2D eigenvalue weighted by Gasteiger charge is -2.07. The van der Waals surface area contributed by atoms with Gasteiger partial charge in [0.1, 0.15) is 11.4 Å². The molecule has 0 aliphatic heterocycles. The molecule has 7 nitrogen and oxygen atoms in total. The number of rotatable bonds is 5. The van der Waals surface area contributed by atoms with E-state index in [1.807, 2.05) is 0 Å². The van der Waals surface area contributed by atoms with Crippen molar-refractivity contribution in [2.45, 2.75) is 13.8 Å².